The van der Waals surface area contributed by atoms with E-state index in [1.807, 2.05) is 13.0 Å². The van der Waals surface area contributed by atoms with Crippen LogP contribution in [0.4, 0.5) is 11.6 Å². The van der Waals surface area contributed by atoms with Gasteiger partial charge in [-0.1, -0.05) is 35.3 Å². The number of fused-ring (bicyclic) bond motifs is 1. The van der Waals surface area contributed by atoms with Gasteiger partial charge >= 0.3 is 0 Å². The molecular formula is C21H18Cl2N6O3S. The van der Waals surface area contributed by atoms with Crippen LogP contribution in [-0.4, -0.2) is 42.5 Å². The number of pyridine rings is 2. The molecule has 0 bridgehead atoms. The lowest BCUT2D eigenvalue weighted by molar-refractivity contribution is 0.385. The minimum atomic E-state index is -4.10. The molecule has 4 aromatic rings. The first-order valence-corrected chi connectivity index (χ1v) is 11.8. The molecule has 0 radical (unpaired) electrons. The number of aromatic nitrogens is 4. The predicted octanol–water partition coefficient (Wildman–Crippen LogP) is 4.55. The van der Waals surface area contributed by atoms with Crippen LogP contribution in [0.2, 0.25) is 10.0 Å². The monoisotopic (exact) mass is 504 g/mol. The van der Waals surface area contributed by atoms with Gasteiger partial charge in [-0.05, 0) is 25.1 Å². The van der Waals surface area contributed by atoms with Gasteiger partial charge in [-0.2, -0.15) is 4.98 Å². The molecule has 3 aromatic heterocycles. The number of aryl methyl sites for hydroxylation is 1. The summed E-state index contributed by atoms with van der Waals surface area (Å²) in [6.45, 7) is 1.83. The lowest BCUT2D eigenvalue weighted by atomic mass is 10.0. The Morgan fingerprint density at radius 3 is 2.55 bits per heavy atom. The van der Waals surface area contributed by atoms with Gasteiger partial charge in [0.25, 0.3) is 10.0 Å². The topological polar surface area (TPSA) is 119 Å². The van der Waals surface area contributed by atoms with Crippen LogP contribution in [-0.2, 0) is 10.0 Å². The molecule has 0 saturated carbocycles. The van der Waals surface area contributed by atoms with Crippen molar-refractivity contribution in [2.75, 3.05) is 24.2 Å². The summed E-state index contributed by atoms with van der Waals surface area (Å²) in [6.07, 6.45) is 2.95. The van der Waals surface area contributed by atoms with Crippen molar-refractivity contribution in [2.24, 2.45) is 0 Å². The molecule has 170 valence electrons. The van der Waals surface area contributed by atoms with Gasteiger partial charge in [-0.25, -0.2) is 23.4 Å². The summed E-state index contributed by atoms with van der Waals surface area (Å²) in [6, 6.07) is 8.14. The zero-order valence-corrected chi connectivity index (χ0v) is 20.0. The standard InChI is InChI=1S/C21H18Cl2N6O3S/c1-11-15(7-12-9-26-21(24-2)28-19(12)27-11)14-5-4-6-16(18(14)23)29-33(30,31)17-8-13(22)10-25-20(17)32-3/h4-10,29H,1-3H3,(H,24,26,27,28). The Labute approximate surface area is 200 Å². The van der Waals surface area contributed by atoms with Crippen LogP contribution in [0.25, 0.3) is 22.2 Å². The number of rotatable bonds is 6. The number of sulfonamides is 1. The van der Waals surface area contributed by atoms with E-state index < -0.39 is 10.0 Å². The van der Waals surface area contributed by atoms with Gasteiger partial charge in [0.05, 0.1) is 22.8 Å². The van der Waals surface area contributed by atoms with Crippen LogP contribution in [0.15, 0.2) is 47.6 Å². The fourth-order valence-corrected chi connectivity index (χ4v) is 4.99. The van der Waals surface area contributed by atoms with E-state index in [2.05, 4.69) is 30.0 Å². The number of methoxy groups -OCH3 is 1. The average Bonchev–Trinajstić information content (AvgIpc) is 2.79. The van der Waals surface area contributed by atoms with Gasteiger partial charge in [0.2, 0.25) is 11.8 Å². The lowest BCUT2D eigenvalue weighted by Crippen LogP contribution is -2.15. The molecule has 0 spiro atoms. The Morgan fingerprint density at radius 1 is 1.03 bits per heavy atom. The maximum absolute atomic E-state index is 13.1. The van der Waals surface area contributed by atoms with E-state index in [1.54, 1.807) is 31.4 Å². The molecule has 0 aliphatic carbocycles. The summed E-state index contributed by atoms with van der Waals surface area (Å²) in [4.78, 5) is 16.8. The molecule has 9 nitrogen and oxygen atoms in total. The zero-order chi connectivity index (χ0) is 23.8. The van der Waals surface area contributed by atoms with Crippen molar-refractivity contribution in [1.82, 2.24) is 19.9 Å². The van der Waals surface area contributed by atoms with Crippen LogP contribution in [0.3, 0.4) is 0 Å². The Kier molecular flexibility index (Phi) is 6.24. The van der Waals surface area contributed by atoms with E-state index in [1.165, 1.54) is 19.4 Å². The second-order valence-corrected chi connectivity index (χ2v) is 9.38. The molecule has 2 N–H and O–H groups in total. The van der Waals surface area contributed by atoms with Crippen molar-refractivity contribution >= 4 is 55.9 Å². The highest BCUT2D eigenvalue weighted by atomic mass is 35.5. The maximum Gasteiger partial charge on any atom is 0.267 e. The van der Waals surface area contributed by atoms with Crippen LogP contribution >= 0.6 is 23.2 Å². The SMILES string of the molecule is CNc1ncc2cc(-c3cccc(NS(=O)(=O)c4cc(Cl)cnc4OC)c3Cl)c(C)nc2n1. The molecule has 0 aliphatic rings. The Hall–Kier alpha value is -3.21. The summed E-state index contributed by atoms with van der Waals surface area (Å²) in [5.74, 6) is 0.372. The van der Waals surface area contributed by atoms with Gasteiger partial charge in [-0.15, -0.1) is 0 Å². The van der Waals surface area contributed by atoms with Gasteiger partial charge in [0, 0.05) is 41.6 Å². The average molecular weight is 505 g/mol. The summed E-state index contributed by atoms with van der Waals surface area (Å²) < 4.78 is 33.7. The highest BCUT2D eigenvalue weighted by Gasteiger charge is 2.23. The highest BCUT2D eigenvalue weighted by molar-refractivity contribution is 7.92. The molecule has 12 heteroatoms. The number of ether oxygens (including phenoxy) is 1. The van der Waals surface area contributed by atoms with E-state index in [0.29, 0.717) is 28.2 Å². The van der Waals surface area contributed by atoms with Gasteiger partial charge in [-0.3, -0.25) is 4.72 Å². The molecule has 1 aromatic carbocycles. The zero-order valence-electron chi connectivity index (χ0n) is 17.7. The molecule has 0 atom stereocenters. The van der Waals surface area contributed by atoms with Gasteiger partial charge in [0.1, 0.15) is 0 Å². The second kappa shape index (κ2) is 8.97. The number of anilines is 2. The minimum Gasteiger partial charge on any atom is -0.480 e. The number of nitrogens with one attached hydrogen (secondary N) is 2. The predicted molar refractivity (Wildman–Crippen MR) is 129 cm³/mol. The van der Waals surface area contributed by atoms with Crippen molar-refractivity contribution < 1.29 is 13.2 Å². The van der Waals surface area contributed by atoms with E-state index in [-0.39, 0.29) is 26.5 Å². The summed E-state index contributed by atoms with van der Waals surface area (Å²) in [5, 5.41) is 3.94. The number of hydrogen-bond donors (Lipinski definition) is 2. The third-order valence-corrected chi connectivity index (χ3v) is 6.76. The lowest BCUT2D eigenvalue weighted by Gasteiger charge is -2.15. The van der Waals surface area contributed by atoms with Crippen molar-refractivity contribution in [3.05, 3.63) is 58.5 Å². The summed E-state index contributed by atoms with van der Waals surface area (Å²) in [5.41, 5.74) is 2.70. The number of benzene rings is 1. The molecule has 0 saturated heterocycles. The fourth-order valence-electron chi connectivity index (χ4n) is 3.22. The van der Waals surface area contributed by atoms with Crippen molar-refractivity contribution in [3.63, 3.8) is 0 Å². The largest absolute Gasteiger partial charge is 0.480 e. The molecule has 0 fully saturated rings. The summed E-state index contributed by atoms with van der Waals surface area (Å²) >= 11 is 12.6. The second-order valence-electron chi connectivity index (χ2n) is 6.91. The molecule has 4 rings (SSSR count). The first kappa shape index (κ1) is 23.0. The normalized spacial score (nSPS) is 11.4. The van der Waals surface area contributed by atoms with E-state index in [9.17, 15) is 8.42 Å². The minimum absolute atomic E-state index is 0.0883. The third-order valence-electron chi connectivity index (χ3n) is 4.78. The molecule has 0 amide bonds. The van der Waals surface area contributed by atoms with Crippen LogP contribution in [0.5, 0.6) is 5.88 Å². The first-order chi connectivity index (χ1) is 15.7. The molecular weight excluding hydrogens is 487 g/mol. The third kappa shape index (κ3) is 4.50. The smallest absolute Gasteiger partial charge is 0.267 e. The van der Waals surface area contributed by atoms with E-state index >= 15 is 0 Å². The maximum atomic E-state index is 13.1. The van der Waals surface area contributed by atoms with Crippen LogP contribution < -0.4 is 14.8 Å². The van der Waals surface area contributed by atoms with E-state index in [0.717, 1.165) is 5.56 Å². The Morgan fingerprint density at radius 2 is 1.82 bits per heavy atom. The number of hydrogen-bond acceptors (Lipinski definition) is 8. The van der Waals surface area contributed by atoms with E-state index in [4.69, 9.17) is 27.9 Å². The van der Waals surface area contributed by atoms with Crippen molar-refractivity contribution in [1.29, 1.82) is 0 Å². The molecule has 3 heterocycles. The van der Waals surface area contributed by atoms with Gasteiger partial charge < -0.3 is 10.1 Å². The Bertz CT molecular complexity index is 1480. The molecule has 0 unspecified atom stereocenters. The molecule has 0 aliphatic heterocycles. The fraction of sp³-hybridized carbons (Fsp3) is 0.143. The first-order valence-electron chi connectivity index (χ1n) is 9.57. The number of halogens is 2. The summed E-state index contributed by atoms with van der Waals surface area (Å²) in [7, 11) is -1.05. The van der Waals surface area contributed by atoms with Crippen molar-refractivity contribution in [2.45, 2.75) is 11.8 Å². The van der Waals surface area contributed by atoms with Gasteiger partial charge in [0.15, 0.2) is 10.5 Å². The number of nitrogens with zero attached hydrogens (tertiary/aromatic N) is 4. The van der Waals surface area contributed by atoms with Crippen LogP contribution in [0.1, 0.15) is 5.69 Å². The highest BCUT2D eigenvalue weighted by Crippen LogP contribution is 2.37. The van der Waals surface area contributed by atoms with Crippen molar-refractivity contribution in [3.8, 4) is 17.0 Å². The van der Waals surface area contributed by atoms with Crippen LogP contribution in [0, 0.1) is 6.92 Å². The molecule has 33 heavy (non-hydrogen) atoms. The quantitative estimate of drug-likeness (QED) is 0.392. The Balaban J connectivity index is 1.78.